The molecule has 0 aromatic heterocycles. The van der Waals surface area contributed by atoms with Gasteiger partial charge in [0, 0.05) is 5.69 Å². The molecule has 2 aromatic carbocycles. The Balaban J connectivity index is 1.67. The van der Waals surface area contributed by atoms with Gasteiger partial charge in [-0.15, -0.1) is 4.36 Å². The van der Waals surface area contributed by atoms with Crippen molar-refractivity contribution < 1.29 is 9.00 Å². The van der Waals surface area contributed by atoms with E-state index in [9.17, 15) is 9.00 Å². The van der Waals surface area contributed by atoms with Crippen molar-refractivity contribution in [3.63, 3.8) is 0 Å². The first-order valence-electron chi connectivity index (χ1n) is 9.03. The van der Waals surface area contributed by atoms with Gasteiger partial charge in [0.15, 0.2) is 0 Å². The van der Waals surface area contributed by atoms with E-state index in [0.717, 1.165) is 49.8 Å². The van der Waals surface area contributed by atoms with Crippen molar-refractivity contribution in [2.45, 2.75) is 50.3 Å². The van der Waals surface area contributed by atoms with Crippen molar-refractivity contribution in [2.75, 3.05) is 5.32 Å². The quantitative estimate of drug-likeness (QED) is 0.841. The van der Waals surface area contributed by atoms with E-state index in [1.54, 1.807) is 12.1 Å². The van der Waals surface area contributed by atoms with Crippen molar-refractivity contribution >= 4 is 21.6 Å². The maximum absolute atomic E-state index is 12.7. The summed E-state index contributed by atoms with van der Waals surface area (Å²) in [7, 11) is -3.26. The summed E-state index contributed by atoms with van der Waals surface area (Å²) in [6, 6.07) is 8.61. The molecule has 0 fully saturated rings. The number of nitrogens with two attached hydrogens (primary N) is 1. The van der Waals surface area contributed by atoms with Gasteiger partial charge in [0.2, 0.25) is 0 Å². The molecule has 0 aliphatic heterocycles. The Morgan fingerprint density at radius 2 is 1.62 bits per heavy atom. The van der Waals surface area contributed by atoms with Gasteiger partial charge in [-0.25, -0.2) is 14.1 Å². The lowest BCUT2D eigenvalue weighted by Gasteiger charge is -2.15. The van der Waals surface area contributed by atoms with Crippen LogP contribution in [0.3, 0.4) is 0 Å². The standard InChI is InChI=1S/C20H23N3O2S/c1-13-8-10-16(11-9-13)26(21,25)23-20(24)22-19-17-6-2-4-14(17)12-15-5-3-7-18(15)19/h8-12H,2-7H2,1H3,(H3,21,22,23,24,25). The van der Waals surface area contributed by atoms with Gasteiger partial charge in [-0.2, -0.15) is 0 Å². The number of carbonyl (C=O) groups excluding carboxylic acids is 1. The number of anilines is 1. The molecule has 2 aromatic rings. The fourth-order valence-corrected chi connectivity index (χ4v) is 4.93. The second-order valence-corrected chi connectivity index (χ2v) is 8.93. The lowest BCUT2D eigenvalue weighted by atomic mass is 9.99. The van der Waals surface area contributed by atoms with Gasteiger partial charge < -0.3 is 5.32 Å². The first-order valence-corrected chi connectivity index (χ1v) is 10.6. The number of aryl methyl sites for hydroxylation is 3. The molecular weight excluding hydrogens is 346 g/mol. The highest BCUT2D eigenvalue weighted by Gasteiger charge is 2.25. The van der Waals surface area contributed by atoms with E-state index in [-0.39, 0.29) is 0 Å². The molecule has 2 aliphatic carbocycles. The van der Waals surface area contributed by atoms with Gasteiger partial charge in [-0.05, 0) is 79.8 Å². The van der Waals surface area contributed by atoms with E-state index in [2.05, 4.69) is 15.7 Å². The second-order valence-electron chi connectivity index (χ2n) is 7.14. The topological polar surface area (TPSA) is 84.6 Å². The third-order valence-electron chi connectivity index (χ3n) is 5.28. The zero-order valence-corrected chi connectivity index (χ0v) is 15.7. The molecule has 1 unspecified atom stereocenters. The van der Waals surface area contributed by atoms with Gasteiger partial charge >= 0.3 is 6.03 Å². The van der Waals surface area contributed by atoms with Crippen LogP contribution in [0.2, 0.25) is 0 Å². The number of amides is 2. The monoisotopic (exact) mass is 369 g/mol. The summed E-state index contributed by atoms with van der Waals surface area (Å²) < 4.78 is 16.5. The first kappa shape index (κ1) is 17.2. The second kappa shape index (κ2) is 6.52. The predicted molar refractivity (Wildman–Crippen MR) is 104 cm³/mol. The fourth-order valence-electron chi connectivity index (χ4n) is 4.01. The molecular formula is C20H23N3O2S. The van der Waals surface area contributed by atoms with Gasteiger partial charge in [-0.3, -0.25) is 0 Å². The van der Waals surface area contributed by atoms with E-state index in [0.29, 0.717) is 4.90 Å². The highest BCUT2D eigenvalue weighted by molar-refractivity contribution is 7.91. The number of nitrogens with one attached hydrogen (secondary N) is 1. The molecule has 2 amide bonds. The van der Waals surface area contributed by atoms with Crippen LogP contribution in [0.1, 0.15) is 40.7 Å². The predicted octanol–water partition coefficient (Wildman–Crippen LogP) is 3.91. The molecule has 0 radical (unpaired) electrons. The van der Waals surface area contributed by atoms with Crippen LogP contribution in [-0.2, 0) is 35.6 Å². The van der Waals surface area contributed by atoms with Crippen molar-refractivity contribution in [1.82, 2.24) is 0 Å². The minimum atomic E-state index is -3.26. The Kier molecular flexibility index (Phi) is 4.32. The number of fused-ring (bicyclic) bond motifs is 2. The van der Waals surface area contributed by atoms with Crippen LogP contribution in [0.4, 0.5) is 10.5 Å². The molecule has 0 bridgehead atoms. The minimum absolute atomic E-state index is 0.363. The van der Waals surface area contributed by atoms with Gasteiger partial charge in [-0.1, -0.05) is 23.8 Å². The first-order chi connectivity index (χ1) is 12.4. The van der Waals surface area contributed by atoms with Crippen LogP contribution in [0.5, 0.6) is 0 Å². The largest absolute Gasteiger partial charge is 0.354 e. The number of urea groups is 1. The molecule has 0 saturated carbocycles. The van der Waals surface area contributed by atoms with Crippen LogP contribution < -0.4 is 10.5 Å². The third kappa shape index (κ3) is 3.15. The Labute approximate surface area is 154 Å². The van der Waals surface area contributed by atoms with Crippen LogP contribution in [-0.4, -0.2) is 10.2 Å². The number of hydrogen-bond acceptors (Lipinski definition) is 2. The van der Waals surface area contributed by atoms with Crippen molar-refractivity contribution in [2.24, 2.45) is 9.50 Å². The minimum Gasteiger partial charge on any atom is -0.305 e. The Morgan fingerprint density at radius 1 is 1.04 bits per heavy atom. The van der Waals surface area contributed by atoms with E-state index in [1.807, 2.05) is 19.1 Å². The normalized spacial score (nSPS) is 17.3. The van der Waals surface area contributed by atoms with Gasteiger partial charge in [0.05, 0.1) is 4.90 Å². The maximum atomic E-state index is 12.7. The molecule has 1 atom stereocenters. The number of benzene rings is 2. The fraction of sp³-hybridized carbons (Fsp3) is 0.350. The highest BCUT2D eigenvalue weighted by atomic mass is 32.2. The number of nitrogens with zero attached hydrogens (tertiary/aromatic N) is 1. The zero-order chi connectivity index (χ0) is 18.3. The smallest absolute Gasteiger partial charge is 0.305 e. The van der Waals surface area contributed by atoms with Crippen LogP contribution in [0.25, 0.3) is 0 Å². The summed E-state index contributed by atoms with van der Waals surface area (Å²) in [6.07, 6.45) is 6.26. The summed E-state index contributed by atoms with van der Waals surface area (Å²) in [4.78, 5) is 12.9. The average molecular weight is 369 g/mol. The average Bonchev–Trinajstić information content (AvgIpc) is 3.23. The molecule has 26 heavy (non-hydrogen) atoms. The molecule has 0 heterocycles. The van der Waals surface area contributed by atoms with Crippen molar-refractivity contribution in [3.05, 3.63) is 58.1 Å². The maximum Gasteiger partial charge on any atom is 0.354 e. The molecule has 5 nitrogen and oxygen atoms in total. The lowest BCUT2D eigenvalue weighted by Crippen LogP contribution is -2.18. The number of hydrogen-bond donors (Lipinski definition) is 2. The zero-order valence-electron chi connectivity index (χ0n) is 14.9. The Hall–Kier alpha value is -2.18. The Morgan fingerprint density at radius 3 is 2.19 bits per heavy atom. The summed E-state index contributed by atoms with van der Waals surface area (Å²) in [5.41, 5.74) is 7.01. The molecule has 0 spiro atoms. The van der Waals surface area contributed by atoms with E-state index < -0.39 is 15.9 Å². The van der Waals surface area contributed by atoms with Crippen molar-refractivity contribution in [1.29, 1.82) is 0 Å². The highest BCUT2D eigenvalue weighted by Crippen LogP contribution is 2.38. The molecule has 136 valence electrons. The number of carbonyl (C=O) groups is 1. The molecule has 3 N–H and O–H groups in total. The van der Waals surface area contributed by atoms with Gasteiger partial charge in [0.25, 0.3) is 0 Å². The summed E-state index contributed by atoms with van der Waals surface area (Å²) in [5, 5.41) is 8.78. The van der Waals surface area contributed by atoms with E-state index in [4.69, 9.17) is 5.14 Å². The van der Waals surface area contributed by atoms with E-state index in [1.165, 1.54) is 22.3 Å². The molecule has 2 aliphatic rings. The molecule has 6 heteroatoms. The Bertz CT molecular complexity index is 970. The lowest BCUT2D eigenvalue weighted by molar-refractivity contribution is 0.260. The van der Waals surface area contributed by atoms with Gasteiger partial charge in [0.1, 0.15) is 9.92 Å². The summed E-state index contributed by atoms with van der Waals surface area (Å²) >= 11 is 0. The van der Waals surface area contributed by atoms with Crippen LogP contribution in [0.15, 0.2) is 39.6 Å². The van der Waals surface area contributed by atoms with Crippen LogP contribution >= 0.6 is 0 Å². The van der Waals surface area contributed by atoms with Crippen molar-refractivity contribution in [3.8, 4) is 0 Å². The summed E-state index contributed by atoms with van der Waals surface area (Å²) in [6.45, 7) is 1.93. The SMILES string of the molecule is Cc1ccc(S(N)(=O)=NC(=O)Nc2c3c(cc4c2CCC4)CCC3)cc1. The number of rotatable bonds is 2. The third-order valence-corrected chi connectivity index (χ3v) is 6.67. The molecule has 4 rings (SSSR count). The summed E-state index contributed by atoms with van der Waals surface area (Å²) in [5.74, 6) is 0. The van der Waals surface area contributed by atoms with Crippen LogP contribution in [0, 0.1) is 6.92 Å². The van der Waals surface area contributed by atoms with E-state index >= 15 is 0 Å². The molecule has 0 saturated heterocycles.